The Morgan fingerprint density at radius 1 is 1.07 bits per heavy atom. The van der Waals surface area contributed by atoms with E-state index in [1.54, 1.807) is 30.3 Å². The standard InChI is InChI=1S/C21H22N2O5/c1-4-26-18-10-9-16(12-19(18)27-5-2)21(25)28-14(3)20(24)23-17-8-6-7-15(11-17)13-22/h6-12,14H,4-5H2,1-3H3,(H,23,24). The minimum absolute atomic E-state index is 0.248. The molecule has 0 saturated carbocycles. The molecule has 2 rings (SSSR count). The molecule has 0 saturated heterocycles. The van der Waals surface area contributed by atoms with Gasteiger partial charge in [0.1, 0.15) is 0 Å². The van der Waals surface area contributed by atoms with E-state index < -0.39 is 18.0 Å². The first-order valence-electron chi connectivity index (χ1n) is 8.90. The molecule has 0 radical (unpaired) electrons. The predicted octanol–water partition coefficient (Wildman–Crippen LogP) is 3.54. The van der Waals surface area contributed by atoms with E-state index in [-0.39, 0.29) is 5.56 Å². The fourth-order valence-electron chi connectivity index (χ4n) is 2.37. The van der Waals surface area contributed by atoms with Crippen molar-refractivity contribution in [3.63, 3.8) is 0 Å². The smallest absolute Gasteiger partial charge is 0.339 e. The summed E-state index contributed by atoms with van der Waals surface area (Å²) in [4.78, 5) is 24.7. The highest BCUT2D eigenvalue weighted by Crippen LogP contribution is 2.29. The van der Waals surface area contributed by atoms with Gasteiger partial charge < -0.3 is 19.5 Å². The zero-order valence-corrected chi connectivity index (χ0v) is 16.0. The molecule has 0 aliphatic carbocycles. The summed E-state index contributed by atoms with van der Waals surface area (Å²) in [5, 5.41) is 11.5. The van der Waals surface area contributed by atoms with Crippen LogP contribution in [0.1, 0.15) is 36.7 Å². The highest BCUT2D eigenvalue weighted by Gasteiger charge is 2.20. The number of carbonyl (C=O) groups excluding carboxylic acids is 2. The number of nitrogens with one attached hydrogen (secondary N) is 1. The number of rotatable bonds is 8. The summed E-state index contributed by atoms with van der Waals surface area (Å²) in [7, 11) is 0. The van der Waals surface area contributed by atoms with Crippen molar-refractivity contribution in [2.75, 3.05) is 18.5 Å². The lowest BCUT2D eigenvalue weighted by Gasteiger charge is -2.15. The number of esters is 1. The van der Waals surface area contributed by atoms with Crippen molar-refractivity contribution < 1.29 is 23.8 Å². The number of nitrogens with zero attached hydrogens (tertiary/aromatic N) is 1. The first kappa shape index (κ1) is 20.8. The van der Waals surface area contributed by atoms with Gasteiger partial charge in [-0.25, -0.2) is 4.79 Å². The summed E-state index contributed by atoms with van der Waals surface area (Å²) in [5.41, 5.74) is 1.12. The van der Waals surface area contributed by atoms with Crippen molar-refractivity contribution in [3.8, 4) is 17.6 Å². The van der Waals surface area contributed by atoms with Gasteiger partial charge in [-0.15, -0.1) is 0 Å². The van der Waals surface area contributed by atoms with E-state index in [0.717, 1.165) is 0 Å². The fourth-order valence-corrected chi connectivity index (χ4v) is 2.37. The summed E-state index contributed by atoms with van der Waals surface area (Å²) in [6, 6.07) is 13.2. The van der Waals surface area contributed by atoms with Crippen LogP contribution in [0.4, 0.5) is 5.69 Å². The molecular weight excluding hydrogens is 360 g/mol. The van der Waals surface area contributed by atoms with E-state index in [1.165, 1.54) is 19.1 Å². The lowest BCUT2D eigenvalue weighted by atomic mass is 10.2. The summed E-state index contributed by atoms with van der Waals surface area (Å²) >= 11 is 0. The molecule has 0 aromatic heterocycles. The molecule has 1 amide bonds. The van der Waals surface area contributed by atoms with Gasteiger partial charge in [0.05, 0.1) is 30.4 Å². The summed E-state index contributed by atoms with van der Waals surface area (Å²) in [6.07, 6.45) is -1.03. The molecular formula is C21H22N2O5. The Hall–Kier alpha value is -3.53. The zero-order chi connectivity index (χ0) is 20.5. The first-order chi connectivity index (χ1) is 13.5. The van der Waals surface area contributed by atoms with E-state index in [0.29, 0.717) is 36.0 Å². The maximum absolute atomic E-state index is 12.4. The molecule has 146 valence electrons. The molecule has 2 aromatic rings. The molecule has 1 N–H and O–H groups in total. The SMILES string of the molecule is CCOc1ccc(C(=O)OC(C)C(=O)Nc2cccc(C#N)c2)cc1OCC. The second-order valence-electron chi connectivity index (χ2n) is 5.76. The molecule has 0 heterocycles. The monoisotopic (exact) mass is 382 g/mol. The van der Waals surface area contributed by atoms with Crippen molar-refractivity contribution in [1.82, 2.24) is 0 Å². The summed E-state index contributed by atoms with van der Waals surface area (Å²) < 4.78 is 16.2. The van der Waals surface area contributed by atoms with Crippen molar-refractivity contribution in [3.05, 3.63) is 53.6 Å². The highest BCUT2D eigenvalue weighted by molar-refractivity contribution is 5.97. The van der Waals surface area contributed by atoms with Gasteiger partial charge in [-0.05, 0) is 57.2 Å². The second kappa shape index (κ2) is 9.97. The minimum atomic E-state index is -1.03. The third-order valence-electron chi connectivity index (χ3n) is 3.69. The number of hydrogen-bond donors (Lipinski definition) is 1. The molecule has 2 aromatic carbocycles. The highest BCUT2D eigenvalue weighted by atomic mass is 16.5. The van der Waals surface area contributed by atoms with Crippen LogP contribution in [-0.2, 0) is 9.53 Å². The Morgan fingerprint density at radius 3 is 2.46 bits per heavy atom. The van der Waals surface area contributed by atoms with Crippen molar-refractivity contribution in [1.29, 1.82) is 5.26 Å². The Labute approximate surface area is 163 Å². The lowest BCUT2D eigenvalue weighted by molar-refractivity contribution is -0.123. The van der Waals surface area contributed by atoms with Crippen LogP contribution < -0.4 is 14.8 Å². The van der Waals surface area contributed by atoms with Crippen LogP contribution in [-0.4, -0.2) is 31.2 Å². The van der Waals surface area contributed by atoms with E-state index >= 15 is 0 Å². The maximum Gasteiger partial charge on any atom is 0.339 e. The molecule has 1 atom stereocenters. The molecule has 1 unspecified atom stereocenters. The molecule has 28 heavy (non-hydrogen) atoms. The molecule has 0 spiro atoms. The molecule has 7 heteroatoms. The van der Waals surface area contributed by atoms with Crippen LogP contribution >= 0.6 is 0 Å². The van der Waals surface area contributed by atoms with E-state index in [2.05, 4.69) is 5.32 Å². The van der Waals surface area contributed by atoms with Gasteiger partial charge in [-0.3, -0.25) is 4.79 Å². The largest absolute Gasteiger partial charge is 0.490 e. The van der Waals surface area contributed by atoms with E-state index in [9.17, 15) is 9.59 Å². The van der Waals surface area contributed by atoms with Crippen LogP contribution in [0.5, 0.6) is 11.5 Å². The number of anilines is 1. The number of carbonyl (C=O) groups is 2. The van der Waals surface area contributed by atoms with Gasteiger partial charge in [0.25, 0.3) is 5.91 Å². The number of benzene rings is 2. The van der Waals surface area contributed by atoms with Crippen LogP contribution in [0.25, 0.3) is 0 Å². The number of ether oxygens (including phenoxy) is 3. The molecule has 0 fully saturated rings. The average Bonchev–Trinajstić information content (AvgIpc) is 2.69. The van der Waals surface area contributed by atoms with Crippen LogP contribution in [0.3, 0.4) is 0 Å². The molecule has 0 bridgehead atoms. The molecule has 0 aliphatic rings. The number of nitriles is 1. The topological polar surface area (TPSA) is 97.6 Å². The first-order valence-corrected chi connectivity index (χ1v) is 8.90. The van der Waals surface area contributed by atoms with E-state index in [4.69, 9.17) is 19.5 Å². The normalized spacial score (nSPS) is 11.1. The van der Waals surface area contributed by atoms with Crippen molar-refractivity contribution in [2.45, 2.75) is 26.9 Å². The van der Waals surface area contributed by atoms with Crippen LogP contribution in [0.2, 0.25) is 0 Å². The Kier molecular flexibility index (Phi) is 7.40. The van der Waals surface area contributed by atoms with Gasteiger partial charge in [-0.1, -0.05) is 6.07 Å². The summed E-state index contributed by atoms with van der Waals surface area (Å²) in [5.74, 6) is -0.190. The summed E-state index contributed by atoms with van der Waals surface area (Å²) in [6.45, 7) is 6.03. The van der Waals surface area contributed by atoms with Crippen molar-refractivity contribution in [2.24, 2.45) is 0 Å². The third kappa shape index (κ3) is 5.48. The quantitative estimate of drug-likeness (QED) is 0.701. The minimum Gasteiger partial charge on any atom is -0.490 e. The van der Waals surface area contributed by atoms with Gasteiger partial charge in [0.2, 0.25) is 0 Å². The molecule has 7 nitrogen and oxygen atoms in total. The Morgan fingerprint density at radius 2 is 1.79 bits per heavy atom. The maximum atomic E-state index is 12.4. The van der Waals surface area contributed by atoms with Gasteiger partial charge >= 0.3 is 5.97 Å². The van der Waals surface area contributed by atoms with Crippen LogP contribution in [0.15, 0.2) is 42.5 Å². The van der Waals surface area contributed by atoms with Gasteiger partial charge in [0, 0.05) is 5.69 Å². The number of amides is 1. The number of hydrogen-bond acceptors (Lipinski definition) is 6. The second-order valence-corrected chi connectivity index (χ2v) is 5.76. The zero-order valence-electron chi connectivity index (χ0n) is 16.0. The van der Waals surface area contributed by atoms with Crippen LogP contribution in [0, 0.1) is 11.3 Å². The Bertz CT molecular complexity index is 889. The Balaban J connectivity index is 2.05. The third-order valence-corrected chi connectivity index (χ3v) is 3.69. The van der Waals surface area contributed by atoms with Gasteiger partial charge in [0.15, 0.2) is 17.6 Å². The lowest BCUT2D eigenvalue weighted by Crippen LogP contribution is -2.30. The predicted molar refractivity (Wildman–Crippen MR) is 103 cm³/mol. The fraction of sp³-hybridized carbons (Fsp3) is 0.286. The van der Waals surface area contributed by atoms with Gasteiger partial charge in [-0.2, -0.15) is 5.26 Å². The van der Waals surface area contributed by atoms with Crippen molar-refractivity contribution >= 4 is 17.6 Å². The van der Waals surface area contributed by atoms with E-state index in [1.807, 2.05) is 19.9 Å². The molecule has 0 aliphatic heterocycles. The average molecular weight is 382 g/mol.